The number of carbonyl (C=O) groups is 2. The summed E-state index contributed by atoms with van der Waals surface area (Å²) < 4.78 is 18.5. The van der Waals surface area contributed by atoms with Crippen LogP contribution in [0.5, 0.6) is 17.2 Å². The number of aryl methyl sites for hydroxylation is 1. The van der Waals surface area contributed by atoms with Crippen molar-refractivity contribution in [3.63, 3.8) is 0 Å². The molecular formula is C37H43N5O8. The minimum Gasteiger partial charge on any atom is -0.493 e. The Labute approximate surface area is 289 Å². The summed E-state index contributed by atoms with van der Waals surface area (Å²) in [5, 5.41) is 9.07. The molecule has 0 saturated carbocycles. The number of rotatable bonds is 12. The number of aromatic amines is 1. The molecule has 3 unspecified atom stereocenters. The van der Waals surface area contributed by atoms with E-state index in [1.807, 2.05) is 19.9 Å². The molecule has 1 aromatic heterocycles. The molecule has 0 bridgehead atoms. The Kier molecular flexibility index (Phi) is 10.9. The van der Waals surface area contributed by atoms with Crippen molar-refractivity contribution >= 4 is 28.5 Å². The summed E-state index contributed by atoms with van der Waals surface area (Å²) in [6.07, 6.45) is 1.70. The molecule has 1 aliphatic rings. The number of hydrogen-bond acceptors (Lipinski definition) is 9. The average Bonchev–Trinajstić information content (AvgIpc) is 3.35. The summed E-state index contributed by atoms with van der Waals surface area (Å²) in [7, 11) is 4.60. The summed E-state index contributed by atoms with van der Waals surface area (Å²) >= 11 is 0. The number of benzene rings is 2. The van der Waals surface area contributed by atoms with E-state index in [1.165, 1.54) is 31.8 Å². The quantitative estimate of drug-likeness (QED) is 0.163. The lowest BCUT2D eigenvalue weighted by Crippen LogP contribution is -2.46. The molecule has 5 rings (SSSR count). The maximum atomic E-state index is 13.9. The monoisotopic (exact) mass is 685 g/mol. The van der Waals surface area contributed by atoms with Gasteiger partial charge in [0.2, 0.25) is 23.0 Å². The van der Waals surface area contributed by atoms with Crippen LogP contribution in [0.1, 0.15) is 50.8 Å². The molecule has 0 saturated heterocycles. The van der Waals surface area contributed by atoms with Gasteiger partial charge in [-0.25, -0.2) is 0 Å². The molecule has 0 radical (unpaired) electrons. The van der Waals surface area contributed by atoms with Gasteiger partial charge >= 0.3 is 11.1 Å². The first-order valence-corrected chi connectivity index (χ1v) is 16.6. The zero-order valence-corrected chi connectivity index (χ0v) is 29.1. The van der Waals surface area contributed by atoms with Crippen molar-refractivity contribution in [2.24, 2.45) is 5.92 Å². The van der Waals surface area contributed by atoms with Crippen molar-refractivity contribution in [3.05, 3.63) is 90.6 Å². The normalized spacial score (nSPS) is 14.7. The zero-order chi connectivity index (χ0) is 36.1. The van der Waals surface area contributed by atoms with E-state index in [9.17, 15) is 24.0 Å². The van der Waals surface area contributed by atoms with Crippen LogP contribution < -0.4 is 46.7 Å². The summed E-state index contributed by atoms with van der Waals surface area (Å²) in [6.45, 7) is 5.43. The van der Waals surface area contributed by atoms with E-state index in [2.05, 4.69) is 20.9 Å². The lowest BCUT2D eigenvalue weighted by molar-refractivity contribution is -0.123. The number of H-pyrrole nitrogens is 1. The van der Waals surface area contributed by atoms with Gasteiger partial charge in [-0.1, -0.05) is 38.5 Å². The largest absolute Gasteiger partial charge is 0.493 e. The third-order valence-corrected chi connectivity index (χ3v) is 9.24. The molecule has 13 heteroatoms. The van der Waals surface area contributed by atoms with Crippen molar-refractivity contribution in [2.45, 2.75) is 58.7 Å². The maximum Gasteiger partial charge on any atom is 0.316 e. The molecule has 3 aromatic carbocycles. The number of para-hydroxylation sites is 2. The number of aromatic nitrogens is 2. The van der Waals surface area contributed by atoms with E-state index in [0.29, 0.717) is 64.2 Å². The molecule has 0 spiro atoms. The van der Waals surface area contributed by atoms with Gasteiger partial charge in [-0.05, 0) is 65.8 Å². The van der Waals surface area contributed by atoms with Gasteiger partial charge in [-0.15, -0.1) is 0 Å². The van der Waals surface area contributed by atoms with Crippen LogP contribution in [-0.4, -0.2) is 55.3 Å². The Balaban J connectivity index is 1.51. The minimum absolute atomic E-state index is 0.0715. The molecule has 264 valence electrons. The van der Waals surface area contributed by atoms with Gasteiger partial charge in [-0.3, -0.25) is 24.0 Å². The van der Waals surface area contributed by atoms with E-state index in [4.69, 9.17) is 14.2 Å². The number of hydrogen-bond donors (Lipinski definition) is 4. The van der Waals surface area contributed by atoms with Crippen LogP contribution in [0.4, 0.5) is 5.69 Å². The lowest BCUT2D eigenvalue weighted by Gasteiger charge is -2.24. The number of ether oxygens (including phenoxy) is 3. The molecule has 1 heterocycles. The molecule has 0 aliphatic heterocycles. The van der Waals surface area contributed by atoms with Gasteiger partial charge in [-0.2, -0.15) is 0 Å². The van der Waals surface area contributed by atoms with E-state index in [0.717, 1.165) is 5.56 Å². The van der Waals surface area contributed by atoms with Crippen LogP contribution in [0.15, 0.2) is 62.9 Å². The van der Waals surface area contributed by atoms with Gasteiger partial charge in [0.05, 0.1) is 44.1 Å². The standard InChI is InChI=1S/C37H43N5O8/c1-7-20(2)32(35(45)38-16-17-42-28-11-9-8-10-26(28)41-36(46)37(42)47)40-27-15-13-23-24(19-29(27)44)25(39-21(3)43)14-12-22-18-30(48-4)33(49-5)34(50-6)31(22)23/h8-11,13,15,18-20,25,32H,7,12,14,16-17H2,1-6H3,(H,38,45)(H,39,43)(H,40,44)(H,41,46). The topological polar surface area (TPSA) is 170 Å². The Morgan fingerprint density at radius 3 is 2.42 bits per heavy atom. The van der Waals surface area contributed by atoms with Crippen molar-refractivity contribution in [3.8, 4) is 28.4 Å². The number of nitrogens with one attached hydrogen (secondary N) is 4. The summed E-state index contributed by atoms with van der Waals surface area (Å²) in [6, 6.07) is 12.5. The van der Waals surface area contributed by atoms with Crippen LogP contribution in [0.25, 0.3) is 22.2 Å². The van der Waals surface area contributed by atoms with E-state index in [-0.39, 0.29) is 41.9 Å². The number of amides is 2. The highest BCUT2D eigenvalue weighted by molar-refractivity contribution is 5.86. The number of carbonyl (C=O) groups excluding carboxylic acids is 2. The molecule has 3 atom stereocenters. The van der Waals surface area contributed by atoms with E-state index < -0.39 is 23.2 Å². The lowest BCUT2D eigenvalue weighted by atomic mass is 9.95. The highest BCUT2D eigenvalue weighted by Crippen LogP contribution is 2.50. The smallest absolute Gasteiger partial charge is 0.316 e. The first-order valence-electron chi connectivity index (χ1n) is 16.6. The van der Waals surface area contributed by atoms with Crippen LogP contribution in [-0.2, 0) is 22.6 Å². The van der Waals surface area contributed by atoms with E-state index in [1.54, 1.807) is 43.5 Å². The molecule has 1 aliphatic carbocycles. The number of methoxy groups -OCH3 is 3. The predicted octanol–water partition coefficient (Wildman–Crippen LogP) is 3.51. The molecule has 50 heavy (non-hydrogen) atoms. The van der Waals surface area contributed by atoms with Crippen molar-refractivity contribution in [2.75, 3.05) is 33.2 Å². The fraction of sp³-hybridized carbons (Fsp3) is 0.378. The van der Waals surface area contributed by atoms with Crippen LogP contribution in [0.3, 0.4) is 0 Å². The predicted molar refractivity (Wildman–Crippen MR) is 191 cm³/mol. The van der Waals surface area contributed by atoms with Crippen LogP contribution in [0.2, 0.25) is 0 Å². The molecule has 13 nitrogen and oxygen atoms in total. The van der Waals surface area contributed by atoms with Gasteiger partial charge in [0.25, 0.3) is 0 Å². The third kappa shape index (κ3) is 7.07. The fourth-order valence-corrected chi connectivity index (χ4v) is 6.54. The first kappa shape index (κ1) is 35.7. The molecule has 4 N–H and O–H groups in total. The van der Waals surface area contributed by atoms with Crippen LogP contribution >= 0.6 is 0 Å². The number of anilines is 1. The van der Waals surface area contributed by atoms with Crippen molar-refractivity contribution < 1.29 is 23.8 Å². The Hall–Kier alpha value is -5.59. The Morgan fingerprint density at radius 1 is 1.00 bits per heavy atom. The zero-order valence-electron chi connectivity index (χ0n) is 29.1. The highest BCUT2D eigenvalue weighted by Gasteiger charge is 2.30. The second-order valence-electron chi connectivity index (χ2n) is 12.3. The van der Waals surface area contributed by atoms with Crippen LogP contribution in [0, 0.1) is 5.92 Å². The summed E-state index contributed by atoms with van der Waals surface area (Å²) in [4.78, 5) is 67.4. The van der Waals surface area contributed by atoms with Gasteiger partial charge < -0.3 is 39.7 Å². The molecular weight excluding hydrogens is 642 g/mol. The van der Waals surface area contributed by atoms with Crippen molar-refractivity contribution in [1.29, 1.82) is 0 Å². The van der Waals surface area contributed by atoms with Crippen molar-refractivity contribution in [1.82, 2.24) is 20.2 Å². The highest BCUT2D eigenvalue weighted by atomic mass is 16.5. The first-order chi connectivity index (χ1) is 24.0. The number of nitrogens with zero attached hydrogens (tertiary/aromatic N) is 1. The maximum absolute atomic E-state index is 13.9. The second-order valence-corrected chi connectivity index (χ2v) is 12.3. The minimum atomic E-state index is -0.806. The van der Waals surface area contributed by atoms with E-state index >= 15 is 0 Å². The summed E-state index contributed by atoms with van der Waals surface area (Å²) in [5.74, 6) is 0.529. The SMILES string of the molecule is CCC(C)C(Nc1ccc2c(cc1=O)C(NC(C)=O)CCc1cc(OC)c(OC)c(OC)c1-2)C(=O)NCCn1c(=O)c(=O)[nH]c2ccccc21. The fourth-order valence-electron chi connectivity index (χ4n) is 6.54. The second kappa shape index (κ2) is 15.3. The Morgan fingerprint density at radius 2 is 1.74 bits per heavy atom. The molecule has 4 aromatic rings. The number of fused-ring (bicyclic) bond motifs is 4. The Bertz CT molecular complexity index is 2110. The molecule has 2 amide bonds. The van der Waals surface area contributed by atoms with Gasteiger partial charge in [0, 0.05) is 25.6 Å². The molecule has 0 fully saturated rings. The van der Waals surface area contributed by atoms with Gasteiger partial charge in [0.1, 0.15) is 6.04 Å². The third-order valence-electron chi connectivity index (χ3n) is 9.24. The summed E-state index contributed by atoms with van der Waals surface area (Å²) in [5.41, 5.74) is 2.30. The average molecular weight is 686 g/mol. The van der Waals surface area contributed by atoms with Gasteiger partial charge in [0.15, 0.2) is 11.5 Å².